The van der Waals surface area contributed by atoms with E-state index in [9.17, 15) is 9.59 Å². The lowest BCUT2D eigenvalue weighted by atomic mass is 10.3. The minimum Gasteiger partial charge on any atom is -0.282 e. The Morgan fingerprint density at radius 2 is 1.17 bits per heavy atom. The maximum atomic E-state index is 13.4. The van der Waals surface area contributed by atoms with Crippen molar-refractivity contribution in [3.05, 3.63) is 91.0 Å². The molecule has 149 valence electrons. The number of likely N-dealkylation sites (tertiary alicyclic amines) is 1. The molecule has 0 saturated carbocycles. The van der Waals surface area contributed by atoms with Gasteiger partial charge in [0.05, 0.1) is 5.66 Å². The summed E-state index contributed by atoms with van der Waals surface area (Å²) >= 11 is 0. The van der Waals surface area contributed by atoms with Gasteiger partial charge in [-0.1, -0.05) is 91.0 Å². The predicted molar refractivity (Wildman–Crippen MR) is 126 cm³/mol. The summed E-state index contributed by atoms with van der Waals surface area (Å²) in [4.78, 5) is 26.9. The van der Waals surface area contributed by atoms with Crippen LogP contribution in [0, 0.1) is 0 Å². The van der Waals surface area contributed by atoms with E-state index in [0.29, 0.717) is 13.0 Å². The summed E-state index contributed by atoms with van der Waals surface area (Å²) in [5.74, 6) is -0.211. The molecule has 1 aliphatic rings. The molecule has 1 radical (unpaired) electrons. The number of amides is 2. The predicted octanol–water partition coefficient (Wildman–Crippen LogP) is 3.71. The average molecular weight is 469 g/mol. The molecule has 1 heterocycles. The second-order valence-electron chi connectivity index (χ2n) is 7.04. The van der Waals surface area contributed by atoms with Gasteiger partial charge in [-0.05, 0) is 29.6 Å². The largest absolute Gasteiger partial charge is 0.282 e. The first-order valence-electron chi connectivity index (χ1n) is 9.53. The number of hydrogen-bond donors (Lipinski definition) is 0. The highest BCUT2D eigenvalue weighted by atomic mass is 79.9. The van der Waals surface area contributed by atoms with Crippen LogP contribution in [0.25, 0.3) is 0 Å². The zero-order valence-electron chi connectivity index (χ0n) is 16.3. The van der Waals surface area contributed by atoms with E-state index < -0.39 is 7.26 Å². The van der Waals surface area contributed by atoms with Crippen LogP contribution >= 0.6 is 24.2 Å². The molecule has 29 heavy (non-hydrogen) atoms. The summed E-state index contributed by atoms with van der Waals surface area (Å²) in [6, 6.07) is 31.1. The van der Waals surface area contributed by atoms with Gasteiger partial charge >= 0.3 is 0 Å². The lowest BCUT2D eigenvalue weighted by Crippen LogP contribution is -2.43. The van der Waals surface area contributed by atoms with Crippen LogP contribution in [-0.4, -0.2) is 28.9 Å². The molecule has 0 N–H and O–H groups in total. The second-order valence-corrected chi connectivity index (χ2v) is 10.7. The summed E-state index contributed by atoms with van der Waals surface area (Å²) < 4.78 is 0. The lowest BCUT2D eigenvalue weighted by molar-refractivity contribution is -0.140. The molecule has 0 bridgehead atoms. The van der Waals surface area contributed by atoms with E-state index in [0.717, 1.165) is 0 Å². The van der Waals surface area contributed by atoms with E-state index in [2.05, 4.69) is 36.4 Å². The van der Waals surface area contributed by atoms with Gasteiger partial charge in [0.15, 0.2) is 0 Å². The van der Waals surface area contributed by atoms with Crippen LogP contribution in [0.5, 0.6) is 0 Å². The van der Waals surface area contributed by atoms with Crippen LogP contribution in [0.2, 0.25) is 0 Å². The average Bonchev–Trinajstić information content (AvgIpc) is 3.13. The molecule has 0 aromatic heterocycles. The van der Waals surface area contributed by atoms with Crippen LogP contribution in [0.4, 0.5) is 0 Å². The Morgan fingerprint density at radius 3 is 1.48 bits per heavy atom. The maximum Gasteiger partial charge on any atom is 0.237 e. The molecule has 3 aromatic rings. The molecule has 4 rings (SSSR count). The van der Waals surface area contributed by atoms with E-state index in [4.69, 9.17) is 0 Å². The van der Waals surface area contributed by atoms with Crippen molar-refractivity contribution in [1.82, 2.24) is 4.90 Å². The molecule has 1 atom stereocenters. The molecule has 1 saturated heterocycles. The van der Waals surface area contributed by atoms with Gasteiger partial charge in [0.25, 0.3) is 0 Å². The molecular weight excluding hydrogens is 445 g/mol. The first kappa shape index (κ1) is 21.4. The molecule has 0 aliphatic carbocycles. The number of carbonyl (C=O) groups excluding carboxylic acids is 2. The fraction of sp³-hybridized carbons (Fsp3) is 0.167. The van der Waals surface area contributed by atoms with Crippen molar-refractivity contribution in [2.45, 2.75) is 19.0 Å². The summed E-state index contributed by atoms with van der Waals surface area (Å²) in [7, 11) is -2.28. The van der Waals surface area contributed by atoms with Gasteiger partial charge in [0.2, 0.25) is 11.8 Å². The van der Waals surface area contributed by atoms with Gasteiger partial charge in [0, 0.05) is 13.5 Å². The molecule has 2 amide bonds. The van der Waals surface area contributed by atoms with E-state index in [1.807, 2.05) is 54.6 Å². The molecule has 1 fully saturated rings. The Bertz CT molecular complexity index is 883. The third kappa shape index (κ3) is 3.68. The van der Waals surface area contributed by atoms with Crippen LogP contribution in [0.1, 0.15) is 13.3 Å². The Hall–Kier alpha value is -2.29. The first-order chi connectivity index (χ1) is 13.7. The number of benzene rings is 3. The molecule has 3 nitrogen and oxygen atoms in total. The third-order valence-electron chi connectivity index (χ3n) is 5.52. The van der Waals surface area contributed by atoms with Gasteiger partial charge < -0.3 is 0 Å². The molecule has 5 heteroatoms. The zero-order chi connectivity index (χ0) is 19.6. The molecule has 1 unspecified atom stereocenters. The molecule has 0 spiro atoms. The lowest BCUT2D eigenvalue weighted by Gasteiger charge is -2.42. The fourth-order valence-electron chi connectivity index (χ4n) is 4.31. The Kier molecular flexibility index (Phi) is 6.66. The van der Waals surface area contributed by atoms with Gasteiger partial charge in [-0.3, -0.25) is 14.5 Å². The summed E-state index contributed by atoms with van der Waals surface area (Å²) in [6.07, 6.45) is 0.685. The quantitative estimate of drug-likeness (QED) is 0.547. The number of halogens is 1. The minimum absolute atomic E-state index is 0. The topological polar surface area (TPSA) is 37.4 Å². The van der Waals surface area contributed by atoms with Crippen LogP contribution in [0.15, 0.2) is 91.0 Å². The normalized spacial score (nSPS) is 16.4. The number of rotatable bonds is 4. The van der Waals surface area contributed by atoms with Crippen molar-refractivity contribution in [3.8, 4) is 0 Å². The summed E-state index contributed by atoms with van der Waals surface area (Å²) in [5, 5.41) is 3.53. The number of hydrogen-bond acceptors (Lipinski definition) is 2. The standard InChI is InChI=1S/C24H23NO2P.BrH/c1-19(26)25-18-17-23(24(25)27)28(20-11-5-2-6-12-20,21-13-7-3-8-14-21)22-15-9-4-10-16-22;/h2-16,23H,17-18H2,1H3;1H. The second kappa shape index (κ2) is 9.02. The SMILES string of the molecule is Br.CC(=O)N1CCC([P](c2ccccc2)(c2ccccc2)c2ccccc2)C1=O. The molecule has 3 aromatic carbocycles. The van der Waals surface area contributed by atoms with Crippen molar-refractivity contribution >= 4 is 52.0 Å². The zero-order valence-corrected chi connectivity index (χ0v) is 18.9. The summed E-state index contributed by atoms with van der Waals surface area (Å²) in [6.45, 7) is 1.97. The smallest absolute Gasteiger partial charge is 0.237 e. The van der Waals surface area contributed by atoms with Crippen molar-refractivity contribution in [3.63, 3.8) is 0 Å². The maximum absolute atomic E-state index is 13.4. The number of imide groups is 1. The Balaban J connectivity index is 0.00000240. The van der Waals surface area contributed by atoms with E-state index >= 15 is 0 Å². The number of nitrogens with zero attached hydrogens (tertiary/aromatic N) is 1. The van der Waals surface area contributed by atoms with Crippen molar-refractivity contribution in [1.29, 1.82) is 0 Å². The monoisotopic (exact) mass is 468 g/mol. The Morgan fingerprint density at radius 1 is 0.793 bits per heavy atom. The molecule has 1 aliphatic heterocycles. The summed E-state index contributed by atoms with van der Waals surface area (Å²) in [5.41, 5.74) is -0.233. The first-order valence-corrected chi connectivity index (χ1v) is 11.4. The van der Waals surface area contributed by atoms with Crippen molar-refractivity contribution in [2.24, 2.45) is 0 Å². The number of carbonyl (C=O) groups is 2. The highest BCUT2D eigenvalue weighted by molar-refractivity contribution is 8.93. The van der Waals surface area contributed by atoms with Gasteiger partial charge in [0.1, 0.15) is 0 Å². The van der Waals surface area contributed by atoms with Gasteiger partial charge in [-0.25, -0.2) is 0 Å². The minimum atomic E-state index is -2.28. The van der Waals surface area contributed by atoms with E-state index in [1.54, 1.807) is 0 Å². The van der Waals surface area contributed by atoms with Crippen LogP contribution in [0.3, 0.4) is 0 Å². The van der Waals surface area contributed by atoms with Crippen LogP contribution in [-0.2, 0) is 9.59 Å². The van der Waals surface area contributed by atoms with Crippen molar-refractivity contribution in [2.75, 3.05) is 6.54 Å². The highest BCUT2D eigenvalue weighted by Crippen LogP contribution is 2.62. The third-order valence-corrected chi connectivity index (χ3v) is 10.3. The van der Waals surface area contributed by atoms with E-state index in [-0.39, 0.29) is 34.5 Å². The molecular formula is C24H24BrNO2P. The van der Waals surface area contributed by atoms with Crippen LogP contribution < -0.4 is 15.9 Å². The van der Waals surface area contributed by atoms with Gasteiger partial charge in [-0.15, -0.1) is 17.0 Å². The van der Waals surface area contributed by atoms with Gasteiger partial charge in [-0.2, -0.15) is 0 Å². The fourth-order valence-corrected chi connectivity index (χ4v) is 9.19. The Labute approximate surface area is 182 Å². The van der Waals surface area contributed by atoms with Crippen molar-refractivity contribution < 1.29 is 9.59 Å². The van der Waals surface area contributed by atoms with E-state index in [1.165, 1.54) is 27.7 Å². The highest BCUT2D eigenvalue weighted by Gasteiger charge is 2.50.